The van der Waals surface area contributed by atoms with Gasteiger partial charge in [-0.25, -0.2) is 9.97 Å². The van der Waals surface area contributed by atoms with Gasteiger partial charge in [0.2, 0.25) is 5.95 Å². The first-order valence-corrected chi connectivity index (χ1v) is 5.70. The summed E-state index contributed by atoms with van der Waals surface area (Å²) in [5, 5.41) is 32.8. The van der Waals surface area contributed by atoms with Gasteiger partial charge < -0.3 is 25.8 Å². The van der Waals surface area contributed by atoms with E-state index in [0.717, 1.165) is 0 Å². The van der Waals surface area contributed by atoms with Crippen LogP contribution >= 0.6 is 0 Å². The van der Waals surface area contributed by atoms with Gasteiger partial charge in [0, 0.05) is 5.56 Å². The third-order valence-corrected chi connectivity index (χ3v) is 3.21. The largest absolute Gasteiger partial charge is 0.394 e. The second kappa shape index (κ2) is 4.38. The van der Waals surface area contributed by atoms with Gasteiger partial charge in [-0.05, 0) is 0 Å². The zero-order valence-electron chi connectivity index (χ0n) is 9.79. The van der Waals surface area contributed by atoms with E-state index in [1.54, 1.807) is 0 Å². The predicted octanol–water partition coefficient (Wildman–Crippen LogP) is -2.14. The molecule has 2 aromatic rings. The first-order valence-electron chi connectivity index (χ1n) is 5.70. The minimum atomic E-state index is -1.17. The summed E-state index contributed by atoms with van der Waals surface area (Å²) in [7, 11) is 0. The number of aromatic nitrogens is 4. The molecule has 0 saturated carbocycles. The van der Waals surface area contributed by atoms with Gasteiger partial charge in [0.05, 0.1) is 12.8 Å². The quantitative estimate of drug-likeness (QED) is 0.483. The van der Waals surface area contributed by atoms with Gasteiger partial charge in [0.25, 0.3) is 0 Å². The first-order chi connectivity index (χ1) is 9.13. The molecule has 3 rings (SSSR count). The summed E-state index contributed by atoms with van der Waals surface area (Å²) in [6.45, 7) is -0.384. The first kappa shape index (κ1) is 12.2. The molecule has 1 aliphatic rings. The van der Waals surface area contributed by atoms with Crippen molar-refractivity contribution < 1.29 is 20.1 Å². The predicted molar refractivity (Wildman–Crippen MR) is 61.9 cm³/mol. The molecule has 1 aliphatic heterocycles. The van der Waals surface area contributed by atoms with Crippen molar-refractivity contribution >= 4 is 11.6 Å². The van der Waals surface area contributed by atoms with Crippen LogP contribution in [0.5, 0.6) is 0 Å². The van der Waals surface area contributed by atoms with Gasteiger partial charge >= 0.3 is 0 Å². The van der Waals surface area contributed by atoms with Gasteiger partial charge in [-0.15, -0.1) is 0 Å². The molecule has 9 heteroatoms. The van der Waals surface area contributed by atoms with E-state index in [1.807, 2.05) is 0 Å². The number of rotatable bonds is 2. The summed E-state index contributed by atoms with van der Waals surface area (Å²) in [6, 6.07) is 0. The van der Waals surface area contributed by atoms with Crippen molar-refractivity contribution in [1.82, 2.24) is 19.6 Å². The van der Waals surface area contributed by atoms with Gasteiger partial charge in [-0.3, -0.25) is 0 Å². The monoisotopic (exact) mass is 267 g/mol. The van der Waals surface area contributed by atoms with E-state index in [4.69, 9.17) is 15.6 Å². The Balaban J connectivity index is 2.04. The van der Waals surface area contributed by atoms with Crippen LogP contribution in [0, 0.1) is 0 Å². The fourth-order valence-electron chi connectivity index (χ4n) is 2.21. The minimum Gasteiger partial charge on any atom is -0.394 e. The Morgan fingerprint density at radius 3 is 2.79 bits per heavy atom. The molecule has 9 nitrogen and oxygen atoms in total. The second-order valence-electron chi connectivity index (χ2n) is 4.33. The van der Waals surface area contributed by atoms with Gasteiger partial charge in [0.15, 0.2) is 5.65 Å². The summed E-state index contributed by atoms with van der Waals surface area (Å²) in [4.78, 5) is 7.82. The molecule has 0 radical (unpaired) electrons. The second-order valence-corrected chi connectivity index (χ2v) is 4.33. The average Bonchev–Trinajstić information content (AvgIpc) is 2.94. The standard InChI is InChI=1S/C10H13N5O4/c11-10-13-3-12-9-4(1-14-15(9)10)8-7(18)6(17)5(2-16)19-8/h1,3,5-8,16-18H,2H2,(H2,11,12,13)/t5-,6-,7-,8+/m0/s1. The fourth-order valence-corrected chi connectivity index (χ4v) is 2.21. The Morgan fingerprint density at radius 2 is 2.11 bits per heavy atom. The zero-order chi connectivity index (χ0) is 13.6. The highest BCUT2D eigenvalue weighted by atomic mass is 16.6. The molecule has 1 fully saturated rings. The van der Waals surface area contributed by atoms with Crippen LogP contribution in [0.1, 0.15) is 11.7 Å². The van der Waals surface area contributed by atoms with Gasteiger partial charge in [-0.1, -0.05) is 0 Å². The van der Waals surface area contributed by atoms with E-state index < -0.39 is 24.4 Å². The number of nitrogens with zero attached hydrogens (tertiary/aromatic N) is 4. The number of nitrogen functional groups attached to an aromatic ring is 1. The van der Waals surface area contributed by atoms with Crippen molar-refractivity contribution in [2.75, 3.05) is 12.3 Å². The Kier molecular flexibility index (Phi) is 2.82. The molecule has 3 heterocycles. The Morgan fingerprint density at radius 1 is 1.32 bits per heavy atom. The third-order valence-electron chi connectivity index (χ3n) is 3.21. The molecular formula is C10H13N5O4. The van der Waals surface area contributed by atoms with Crippen LogP contribution < -0.4 is 5.73 Å². The highest BCUT2D eigenvalue weighted by Crippen LogP contribution is 2.34. The van der Waals surface area contributed by atoms with Gasteiger partial charge in [0.1, 0.15) is 30.7 Å². The molecule has 0 unspecified atom stereocenters. The number of anilines is 1. The molecule has 0 amide bonds. The number of hydrogen-bond acceptors (Lipinski definition) is 8. The smallest absolute Gasteiger partial charge is 0.224 e. The minimum absolute atomic E-state index is 0.156. The summed E-state index contributed by atoms with van der Waals surface area (Å²) in [5.41, 5.74) is 6.51. The lowest BCUT2D eigenvalue weighted by molar-refractivity contribution is -0.0224. The topological polar surface area (TPSA) is 139 Å². The Hall–Kier alpha value is -1.81. The van der Waals surface area contributed by atoms with Crippen LogP contribution in [0.3, 0.4) is 0 Å². The average molecular weight is 267 g/mol. The SMILES string of the molecule is Nc1ncnc2c([C@H]3O[C@@H](CO)[C@H](O)[C@@H]3O)cnn12. The maximum absolute atomic E-state index is 9.96. The summed E-state index contributed by atoms with van der Waals surface area (Å²) < 4.78 is 6.73. The lowest BCUT2D eigenvalue weighted by Crippen LogP contribution is -2.32. The number of fused-ring (bicyclic) bond motifs is 1. The number of nitrogens with two attached hydrogens (primary N) is 1. The molecular weight excluding hydrogens is 254 g/mol. The van der Waals surface area contributed by atoms with Crippen molar-refractivity contribution in [3.8, 4) is 0 Å². The fraction of sp³-hybridized carbons (Fsp3) is 0.500. The van der Waals surface area contributed by atoms with Crippen LogP contribution in [0.15, 0.2) is 12.5 Å². The van der Waals surface area contributed by atoms with E-state index in [1.165, 1.54) is 17.0 Å². The van der Waals surface area contributed by atoms with Gasteiger partial charge in [-0.2, -0.15) is 9.61 Å². The highest BCUT2D eigenvalue weighted by Gasteiger charge is 2.44. The summed E-state index contributed by atoms with van der Waals surface area (Å²) in [5.74, 6) is 0.156. The Bertz CT molecular complexity index is 603. The third kappa shape index (κ3) is 1.75. The molecule has 2 aromatic heterocycles. The number of hydrogen-bond donors (Lipinski definition) is 4. The number of ether oxygens (including phenoxy) is 1. The summed E-state index contributed by atoms with van der Waals surface area (Å²) >= 11 is 0. The molecule has 0 aliphatic carbocycles. The van der Waals surface area contributed by atoms with E-state index in [0.29, 0.717) is 11.2 Å². The van der Waals surface area contributed by atoms with Crippen molar-refractivity contribution in [3.63, 3.8) is 0 Å². The van der Waals surface area contributed by atoms with Crippen LogP contribution in [0.25, 0.3) is 5.65 Å². The van der Waals surface area contributed by atoms with Crippen LogP contribution in [0.2, 0.25) is 0 Å². The Labute approximate surface area is 107 Å². The number of aliphatic hydroxyl groups is 3. The lowest BCUT2D eigenvalue weighted by atomic mass is 10.0. The van der Waals surface area contributed by atoms with Crippen LogP contribution in [-0.2, 0) is 4.74 Å². The van der Waals surface area contributed by atoms with Crippen molar-refractivity contribution in [3.05, 3.63) is 18.1 Å². The molecule has 0 spiro atoms. The molecule has 102 valence electrons. The normalized spacial score (nSPS) is 31.1. The maximum atomic E-state index is 9.96. The van der Waals surface area contributed by atoms with Crippen LogP contribution in [-0.4, -0.2) is 59.8 Å². The van der Waals surface area contributed by atoms with Crippen molar-refractivity contribution in [1.29, 1.82) is 0 Å². The van der Waals surface area contributed by atoms with Crippen molar-refractivity contribution in [2.45, 2.75) is 24.4 Å². The van der Waals surface area contributed by atoms with E-state index in [-0.39, 0.29) is 12.6 Å². The molecule has 1 saturated heterocycles. The van der Waals surface area contributed by atoms with E-state index in [2.05, 4.69) is 15.1 Å². The van der Waals surface area contributed by atoms with E-state index >= 15 is 0 Å². The molecule has 0 bridgehead atoms. The highest BCUT2D eigenvalue weighted by molar-refractivity contribution is 5.50. The van der Waals surface area contributed by atoms with Crippen LogP contribution in [0.4, 0.5) is 5.95 Å². The summed E-state index contributed by atoms with van der Waals surface area (Å²) in [6.07, 6.45) is -1.27. The van der Waals surface area contributed by atoms with E-state index in [9.17, 15) is 10.2 Å². The molecule has 5 N–H and O–H groups in total. The maximum Gasteiger partial charge on any atom is 0.224 e. The lowest BCUT2D eigenvalue weighted by Gasteiger charge is -2.12. The number of aliphatic hydroxyl groups excluding tert-OH is 3. The van der Waals surface area contributed by atoms with Crippen molar-refractivity contribution in [2.24, 2.45) is 0 Å². The molecule has 19 heavy (non-hydrogen) atoms. The molecule has 0 aromatic carbocycles. The zero-order valence-corrected chi connectivity index (χ0v) is 9.79. The molecule has 4 atom stereocenters.